The summed E-state index contributed by atoms with van der Waals surface area (Å²) in [7, 11) is -3.29. The second-order valence-corrected chi connectivity index (χ2v) is 11.2. The summed E-state index contributed by atoms with van der Waals surface area (Å²) < 4.78 is 27.9. The number of aryl methyl sites for hydroxylation is 1. The zero-order chi connectivity index (χ0) is 20.3. The predicted molar refractivity (Wildman–Crippen MR) is 120 cm³/mol. The molecular weight excluding hydrogens is 480 g/mol. The molecule has 1 aromatic heterocycles. The monoisotopic (exact) mass is 498 g/mol. The van der Waals surface area contributed by atoms with E-state index < -0.39 is 9.84 Å². The van der Waals surface area contributed by atoms with Crippen LogP contribution in [-0.2, 0) is 16.4 Å². The molecule has 0 fully saturated rings. The van der Waals surface area contributed by atoms with E-state index in [1.807, 2.05) is 24.5 Å². The lowest BCUT2D eigenvalue weighted by Gasteiger charge is -2.04. The van der Waals surface area contributed by atoms with Gasteiger partial charge in [-0.15, -0.1) is 0 Å². The number of carbonyl (C=O) groups excluding carboxylic acids is 1. The summed E-state index contributed by atoms with van der Waals surface area (Å²) in [5, 5.41) is 0. The van der Waals surface area contributed by atoms with Gasteiger partial charge in [0.05, 0.1) is 20.9 Å². The molecule has 0 aliphatic carbocycles. The lowest BCUT2D eigenvalue weighted by molar-refractivity contribution is 0.0997. The Kier molecular flexibility index (Phi) is 6.80. The number of aromatic nitrogens is 1. The van der Waals surface area contributed by atoms with Crippen LogP contribution < -0.4 is 4.80 Å². The summed E-state index contributed by atoms with van der Waals surface area (Å²) >= 11 is 6.68. The van der Waals surface area contributed by atoms with Gasteiger partial charge in [-0.3, -0.25) is 4.79 Å². The zero-order valence-corrected chi connectivity index (χ0v) is 19.4. The smallest absolute Gasteiger partial charge is 0.279 e. The summed E-state index contributed by atoms with van der Waals surface area (Å²) in [5.41, 5.74) is 1.41. The normalized spacial score (nSPS) is 12.6. The van der Waals surface area contributed by atoms with Gasteiger partial charge in [0, 0.05) is 22.3 Å². The first kappa shape index (κ1) is 21.3. The van der Waals surface area contributed by atoms with Crippen molar-refractivity contribution in [2.24, 2.45) is 4.99 Å². The minimum atomic E-state index is -3.29. The number of halogens is 1. The van der Waals surface area contributed by atoms with E-state index in [-0.39, 0.29) is 16.6 Å². The molecule has 1 heterocycles. The molecule has 0 aliphatic heterocycles. The molecule has 0 N–H and O–H groups in total. The van der Waals surface area contributed by atoms with Gasteiger partial charge in [-0.2, -0.15) is 16.8 Å². The van der Waals surface area contributed by atoms with Crippen LogP contribution in [0.25, 0.3) is 10.2 Å². The van der Waals surface area contributed by atoms with Gasteiger partial charge in [-0.1, -0.05) is 34.2 Å². The molecule has 0 unspecified atom stereocenters. The lowest BCUT2D eigenvalue weighted by Crippen LogP contribution is -2.18. The van der Waals surface area contributed by atoms with Crippen molar-refractivity contribution in [3.8, 4) is 0 Å². The van der Waals surface area contributed by atoms with E-state index in [0.29, 0.717) is 10.4 Å². The van der Waals surface area contributed by atoms with Crippen molar-refractivity contribution in [2.75, 3.05) is 17.8 Å². The van der Waals surface area contributed by atoms with Gasteiger partial charge in [0.25, 0.3) is 5.91 Å². The Morgan fingerprint density at radius 1 is 1.21 bits per heavy atom. The first-order chi connectivity index (χ1) is 13.4. The number of hydrogen-bond donors (Lipinski definition) is 0. The van der Waals surface area contributed by atoms with Crippen LogP contribution in [0.15, 0.2) is 56.8 Å². The molecule has 0 saturated heterocycles. The molecule has 0 atom stereocenters. The fourth-order valence-corrected chi connectivity index (χ4v) is 5.51. The first-order valence-electron chi connectivity index (χ1n) is 8.55. The van der Waals surface area contributed by atoms with E-state index in [2.05, 4.69) is 25.5 Å². The van der Waals surface area contributed by atoms with Crippen LogP contribution in [0.3, 0.4) is 0 Å². The molecule has 0 spiro atoms. The average molecular weight is 499 g/mol. The minimum Gasteiger partial charge on any atom is -0.316 e. The number of amides is 1. The van der Waals surface area contributed by atoms with Crippen molar-refractivity contribution in [3.63, 3.8) is 0 Å². The Hall–Kier alpha value is -1.42. The lowest BCUT2D eigenvalue weighted by atomic mass is 10.2. The van der Waals surface area contributed by atoms with E-state index >= 15 is 0 Å². The Morgan fingerprint density at radius 3 is 2.57 bits per heavy atom. The van der Waals surface area contributed by atoms with Crippen molar-refractivity contribution in [1.29, 1.82) is 0 Å². The third-order valence-electron chi connectivity index (χ3n) is 4.20. The summed E-state index contributed by atoms with van der Waals surface area (Å²) in [6, 6.07) is 12.0. The van der Waals surface area contributed by atoms with Crippen LogP contribution in [0.1, 0.15) is 17.3 Å². The number of thioether (sulfide) groups is 1. The van der Waals surface area contributed by atoms with E-state index in [1.54, 1.807) is 18.7 Å². The number of thiazole rings is 1. The Balaban J connectivity index is 2.02. The third kappa shape index (κ3) is 4.59. The van der Waals surface area contributed by atoms with Gasteiger partial charge >= 0.3 is 0 Å². The standard InChI is InChI=1S/C19H19BrN2O3S3/c1-3-28(24,25)15-7-4-13(5-8-15)18(23)21-19-22(10-11-26-2)16-9-6-14(20)12-17(16)27-19/h4-9,12H,3,10-11H2,1-2H3. The fourth-order valence-electron chi connectivity index (χ4n) is 2.65. The van der Waals surface area contributed by atoms with Gasteiger partial charge in [0.15, 0.2) is 14.6 Å². The Morgan fingerprint density at radius 2 is 1.93 bits per heavy atom. The third-order valence-corrected chi connectivity index (χ3v) is 8.08. The molecule has 0 aliphatic rings. The molecule has 1 amide bonds. The summed E-state index contributed by atoms with van der Waals surface area (Å²) in [6.07, 6.45) is 2.04. The topological polar surface area (TPSA) is 68.5 Å². The van der Waals surface area contributed by atoms with Crippen LogP contribution in [0.2, 0.25) is 0 Å². The molecule has 0 saturated carbocycles. The Labute approximate surface area is 180 Å². The molecule has 2 aromatic carbocycles. The number of sulfone groups is 1. The SMILES string of the molecule is CCS(=O)(=O)c1ccc(C(=O)N=c2sc3cc(Br)ccc3n2CCSC)cc1. The fraction of sp³-hybridized carbons (Fsp3) is 0.263. The molecule has 0 radical (unpaired) electrons. The number of hydrogen-bond acceptors (Lipinski definition) is 5. The van der Waals surface area contributed by atoms with Gasteiger partial charge in [-0.25, -0.2) is 8.42 Å². The highest BCUT2D eigenvalue weighted by Gasteiger charge is 2.13. The summed E-state index contributed by atoms with van der Waals surface area (Å²) in [6.45, 7) is 2.35. The Bertz CT molecular complexity index is 1180. The molecule has 28 heavy (non-hydrogen) atoms. The molecule has 3 aromatic rings. The molecule has 148 valence electrons. The predicted octanol–water partition coefficient (Wildman–Crippen LogP) is 4.36. The van der Waals surface area contributed by atoms with Crippen molar-refractivity contribution in [1.82, 2.24) is 4.57 Å². The highest BCUT2D eigenvalue weighted by atomic mass is 79.9. The van der Waals surface area contributed by atoms with Crippen molar-refractivity contribution in [2.45, 2.75) is 18.4 Å². The summed E-state index contributed by atoms with van der Waals surface area (Å²) in [4.78, 5) is 17.9. The van der Waals surface area contributed by atoms with Gasteiger partial charge in [0.2, 0.25) is 0 Å². The van der Waals surface area contributed by atoms with Crippen molar-refractivity contribution >= 4 is 65.0 Å². The van der Waals surface area contributed by atoms with Crippen LogP contribution in [0.5, 0.6) is 0 Å². The van der Waals surface area contributed by atoms with E-state index in [4.69, 9.17) is 0 Å². The average Bonchev–Trinajstić information content (AvgIpc) is 3.02. The maximum Gasteiger partial charge on any atom is 0.279 e. The van der Waals surface area contributed by atoms with Gasteiger partial charge < -0.3 is 4.57 Å². The number of fused-ring (bicyclic) bond motifs is 1. The largest absolute Gasteiger partial charge is 0.316 e. The van der Waals surface area contributed by atoms with Crippen LogP contribution in [0, 0.1) is 0 Å². The van der Waals surface area contributed by atoms with Crippen molar-refractivity contribution < 1.29 is 13.2 Å². The second-order valence-electron chi connectivity index (χ2n) is 5.99. The van der Waals surface area contributed by atoms with Crippen LogP contribution in [0.4, 0.5) is 0 Å². The van der Waals surface area contributed by atoms with Crippen molar-refractivity contribution in [3.05, 3.63) is 57.3 Å². The number of rotatable bonds is 6. The highest BCUT2D eigenvalue weighted by Crippen LogP contribution is 2.22. The number of nitrogens with zero attached hydrogens (tertiary/aromatic N) is 2. The maximum atomic E-state index is 12.7. The molecule has 0 bridgehead atoms. The molecule has 5 nitrogen and oxygen atoms in total. The second kappa shape index (κ2) is 8.94. The molecule has 3 rings (SSSR count). The van der Waals surface area contributed by atoms with E-state index in [1.165, 1.54) is 35.6 Å². The highest BCUT2D eigenvalue weighted by molar-refractivity contribution is 9.10. The summed E-state index contributed by atoms with van der Waals surface area (Å²) in [5.74, 6) is 0.550. The number of benzene rings is 2. The first-order valence-corrected chi connectivity index (χ1v) is 13.2. The van der Waals surface area contributed by atoms with Gasteiger partial charge in [-0.05, 0) is 48.7 Å². The quantitative estimate of drug-likeness (QED) is 0.506. The van der Waals surface area contributed by atoms with Crippen LogP contribution >= 0.6 is 39.0 Å². The minimum absolute atomic E-state index is 0.0253. The maximum absolute atomic E-state index is 12.7. The molecule has 9 heteroatoms. The number of carbonyl (C=O) groups is 1. The van der Waals surface area contributed by atoms with E-state index in [9.17, 15) is 13.2 Å². The zero-order valence-electron chi connectivity index (χ0n) is 15.4. The van der Waals surface area contributed by atoms with E-state index in [0.717, 1.165) is 27.0 Å². The van der Waals surface area contributed by atoms with Crippen LogP contribution in [-0.4, -0.2) is 36.7 Å². The van der Waals surface area contributed by atoms with Gasteiger partial charge in [0.1, 0.15) is 0 Å². The molecular formula is C19H19BrN2O3S3.